The first-order valence-electron chi connectivity index (χ1n) is 9.22. The van der Waals surface area contributed by atoms with Crippen LogP contribution in [0.3, 0.4) is 0 Å². The molecule has 11 heteroatoms. The van der Waals surface area contributed by atoms with Gasteiger partial charge >= 0.3 is 11.9 Å². The maximum atomic E-state index is 12.7. The maximum Gasteiger partial charge on any atom is 0.396 e. The number of aromatic amines is 1. The van der Waals surface area contributed by atoms with Gasteiger partial charge in [0, 0.05) is 24.7 Å². The molecule has 31 heavy (non-hydrogen) atoms. The lowest BCUT2D eigenvalue weighted by molar-refractivity contribution is -0.150. The molecule has 11 nitrogen and oxygen atoms in total. The van der Waals surface area contributed by atoms with Gasteiger partial charge < -0.3 is 25.1 Å². The summed E-state index contributed by atoms with van der Waals surface area (Å²) < 4.78 is 9.73. The number of benzene rings is 1. The lowest BCUT2D eigenvalue weighted by atomic mass is 10.0. The van der Waals surface area contributed by atoms with E-state index in [9.17, 15) is 19.2 Å². The molecule has 0 radical (unpaired) electrons. The molecule has 0 fully saturated rings. The molecule has 1 aliphatic rings. The van der Waals surface area contributed by atoms with Crippen LogP contribution in [-0.4, -0.2) is 52.2 Å². The quantitative estimate of drug-likeness (QED) is 0.405. The fourth-order valence-electron chi connectivity index (χ4n) is 3.18. The molecule has 0 saturated heterocycles. The molecule has 0 bridgehead atoms. The van der Waals surface area contributed by atoms with Gasteiger partial charge in [-0.1, -0.05) is 6.07 Å². The van der Waals surface area contributed by atoms with Gasteiger partial charge in [-0.3, -0.25) is 14.4 Å². The zero-order chi connectivity index (χ0) is 22.0. The predicted molar refractivity (Wildman–Crippen MR) is 106 cm³/mol. The number of amides is 2. The summed E-state index contributed by atoms with van der Waals surface area (Å²) in [5.41, 5.74) is 2.42. The molecule has 3 heterocycles. The Morgan fingerprint density at radius 2 is 2.10 bits per heavy atom. The summed E-state index contributed by atoms with van der Waals surface area (Å²) in [5, 5.41) is 5.13. The number of carbonyl (C=O) groups excluding carboxylic acids is 4. The Morgan fingerprint density at radius 1 is 1.26 bits per heavy atom. The molecular weight excluding hydrogens is 406 g/mol. The number of ketones is 1. The third-order valence-corrected chi connectivity index (χ3v) is 4.65. The summed E-state index contributed by atoms with van der Waals surface area (Å²) in [6.07, 6.45) is 2.88. The largest absolute Gasteiger partial charge is 0.486 e. The average molecular weight is 423 g/mol. The number of Topliss-reactive ketones (excluding diaryl/α,β-unsaturated/α-hetero) is 1. The highest BCUT2D eigenvalue weighted by atomic mass is 16.5. The Kier molecular flexibility index (Phi) is 5.31. The summed E-state index contributed by atoms with van der Waals surface area (Å²) in [7, 11) is 1.09. The van der Waals surface area contributed by atoms with E-state index < -0.39 is 17.8 Å². The summed E-state index contributed by atoms with van der Waals surface area (Å²) in [4.78, 5) is 58.2. The van der Waals surface area contributed by atoms with Crippen LogP contribution in [0.1, 0.15) is 21.6 Å². The Bertz CT molecular complexity index is 1220. The molecular formula is C20H17N5O6. The number of methoxy groups -OCH3 is 1. The van der Waals surface area contributed by atoms with Gasteiger partial charge in [0.05, 0.1) is 18.3 Å². The molecule has 3 N–H and O–H groups in total. The van der Waals surface area contributed by atoms with Crippen LogP contribution in [0.4, 0.5) is 5.69 Å². The Morgan fingerprint density at radius 3 is 2.90 bits per heavy atom. The van der Waals surface area contributed by atoms with Crippen molar-refractivity contribution < 1.29 is 28.7 Å². The lowest BCUT2D eigenvalue weighted by Gasteiger charge is -2.17. The van der Waals surface area contributed by atoms with E-state index in [1.807, 2.05) is 6.07 Å². The van der Waals surface area contributed by atoms with Gasteiger partial charge in [-0.2, -0.15) is 0 Å². The monoisotopic (exact) mass is 423 g/mol. The zero-order valence-corrected chi connectivity index (χ0v) is 16.4. The SMILES string of the molecule is COC(=O)C(=O)Nc1c[nH]c2c(C(=O)NCc3ccc4c(c3)CC(=O)CO4)ncnc12. The van der Waals surface area contributed by atoms with Crippen molar-refractivity contribution in [2.75, 3.05) is 19.0 Å². The smallest absolute Gasteiger partial charge is 0.396 e. The highest BCUT2D eigenvalue weighted by Crippen LogP contribution is 2.25. The second kappa shape index (κ2) is 8.22. The van der Waals surface area contributed by atoms with Crippen molar-refractivity contribution in [1.82, 2.24) is 20.3 Å². The first kappa shape index (κ1) is 20.0. The van der Waals surface area contributed by atoms with Gasteiger partial charge in [0.25, 0.3) is 5.91 Å². The maximum absolute atomic E-state index is 12.7. The Balaban J connectivity index is 1.49. The first-order chi connectivity index (χ1) is 15.0. The van der Waals surface area contributed by atoms with Gasteiger partial charge in [-0.25, -0.2) is 14.8 Å². The number of esters is 1. The second-order valence-corrected chi connectivity index (χ2v) is 6.72. The molecule has 0 atom stereocenters. The van der Waals surface area contributed by atoms with E-state index in [0.29, 0.717) is 17.7 Å². The number of hydrogen-bond donors (Lipinski definition) is 3. The minimum Gasteiger partial charge on any atom is -0.486 e. The van der Waals surface area contributed by atoms with E-state index in [2.05, 4.69) is 30.3 Å². The van der Waals surface area contributed by atoms with E-state index >= 15 is 0 Å². The summed E-state index contributed by atoms with van der Waals surface area (Å²) in [6, 6.07) is 5.39. The van der Waals surface area contributed by atoms with Crippen LogP contribution in [0.5, 0.6) is 5.75 Å². The Hall–Kier alpha value is -4.28. The summed E-state index contributed by atoms with van der Waals surface area (Å²) in [5.74, 6) is -1.83. The van der Waals surface area contributed by atoms with E-state index in [0.717, 1.165) is 18.2 Å². The molecule has 0 saturated carbocycles. The highest BCUT2D eigenvalue weighted by Gasteiger charge is 2.21. The van der Waals surface area contributed by atoms with Crippen LogP contribution < -0.4 is 15.4 Å². The molecule has 158 valence electrons. The van der Waals surface area contributed by atoms with Crippen molar-refractivity contribution in [2.24, 2.45) is 0 Å². The molecule has 3 aromatic rings. The van der Waals surface area contributed by atoms with Gasteiger partial charge in [-0.15, -0.1) is 0 Å². The number of rotatable bonds is 4. The summed E-state index contributed by atoms with van der Waals surface area (Å²) >= 11 is 0. The number of nitrogens with one attached hydrogen (secondary N) is 3. The Labute approximate surface area is 175 Å². The number of nitrogens with zero attached hydrogens (tertiary/aromatic N) is 2. The van der Waals surface area contributed by atoms with Gasteiger partial charge in [0.15, 0.2) is 11.5 Å². The van der Waals surface area contributed by atoms with Crippen LogP contribution in [0.2, 0.25) is 0 Å². The predicted octanol–water partition coefficient (Wildman–Crippen LogP) is 0.503. The number of H-pyrrole nitrogens is 1. The third kappa shape index (κ3) is 4.06. The molecule has 1 aliphatic heterocycles. The average Bonchev–Trinajstić information content (AvgIpc) is 3.19. The van der Waals surface area contributed by atoms with Gasteiger partial charge in [0.2, 0.25) is 0 Å². The summed E-state index contributed by atoms with van der Waals surface area (Å²) in [6.45, 7) is 0.281. The van der Waals surface area contributed by atoms with E-state index in [4.69, 9.17) is 4.74 Å². The normalized spacial score (nSPS) is 12.6. The van der Waals surface area contributed by atoms with E-state index in [1.165, 1.54) is 12.5 Å². The standard InChI is InChI=1S/C20H17N5O6/c1-30-20(29)19(28)25-13-7-21-16-15(13)23-9-24-17(16)18(27)22-6-10-2-3-14-11(4-10)5-12(26)8-31-14/h2-4,7,9,21H,5-6,8H2,1H3,(H,22,27)(H,25,28). The van der Waals surface area contributed by atoms with E-state index in [1.54, 1.807) is 12.1 Å². The highest BCUT2D eigenvalue weighted by molar-refractivity contribution is 6.37. The van der Waals surface area contributed by atoms with Crippen LogP contribution in [-0.2, 0) is 32.1 Å². The van der Waals surface area contributed by atoms with Crippen molar-refractivity contribution >= 4 is 40.3 Å². The van der Waals surface area contributed by atoms with Crippen molar-refractivity contribution in [1.29, 1.82) is 0 Å². The number of aromatic nitrogens is 3. The van der Waals surface area contributed by atoms with Crippen LogP contribution >= 0.6 is 0 Å². The minimum atomic E-state index is -1.06. The van der Waals surface area contributed by atoms with Crippen LogP contribution in [0, 0.1) is 0 Å². The van der Waals surface area contributed by atoms with Crippen LogP contribution in [0.25, 0.3) is 11.0 Å². The lowest BCUT2D eigenvalue weighted by Crippen LogP contribution is -2.25. The number of fused-ring (bicyclic) bond motifs is 2. The van der Waals surface area contributed by atoms with Crippen molar-refractivity contribution in [3.8, 4) is 5.75 Å². The van der Waals surface area contributed by atoms with Crippen molar-refractivity contribution in [3.63, 3.8) is 0 Å². The second-order valence-electron chi connectivity index (χ2n) is 6.72. The number of anilines is 1. The van der Waals surface area contributed by atoms with Gasteiger partial charge in [-0.05, 0) is 17.7 Å². The molecule has 4 rings (SSSR count). The molecule has 0 unspecified atom stereocenters. The third-order valence-electron chi connectivity index (χ3n) is 4.65. The zero-order valence-electron chi connectivity index (χ0n) is 16.4. The molecule has 0 aliphatic carbocycles. The molecule has 0 spiro atoms. The number of carbonyl (C=O) groups is 4. The topological polar surface area (TPSA) is 152 Å². The number of hydrogen-bond acceptors (Lipinski definition) is 8. The van der Waals surface area contributed by atoms with E-state index in [-0.39, 0.29) is 35.8 Å². The van der Waals surface area contributed by atoms with Crippen LogP contribution in [0.15, 0.2) is 30.7 Å². The molecule has 2 aromatic heterocycles. The molecule has 2 amide bonds. The molecule has 1 aromatic carbocycles. The van der Waals surface area contributed by atoms with Crippen molar-refractivity contribution in [2.45, 2.75) is 13.0 Å². The fraction of sp³-hybridized carbons (Fsp3) is 0.200. The van der Waals surface area contributed by atoms with Gasteiger partial charge in [0.1, 0.15) is 24.2 Å². The van der Waals surface area contributed by atoms with Crippen molar-refractivity contribution in [3.05, 3.63) is 47.5 Å². The fourth-order valence-corrected chi connectivity index (χ4v) is 3.18. The number of ether oxygens (including phenoxy) is 2. The first-order valence-corrected chi connectivity index (χ1v) is 9.22. The minimum absolute atomic E-state index is 0.00102.